The second-order valence-electron chi connectivity index (χ2n) is 8.06. The number of sulfonamides is 2. The summed E-state index contributed by atoms with van der Waals surface area (Å²) in [7, 11) is -5.80. The number of hydrogen-bond donors (Lipinski definition) is 1. The molecule has 2 aromatic carbocycles. The number of carbonyl (C=O) groups excluding carboxylic acids is 1. The fraction of sp³-hybridized carbons (Fsp3) is 0.409. The van der Waals surface area contributed by atoms with E-state index in [4.69, 9.17) is 4.74 Å². The summed E-state index contributed by atoms with van der Waals surface area (Å²) in [6, 6.07) is 10.0. The molecular formula is C22H27N3O6S2. The Bertz CT molecular complexity index is 1230. The summed E-state index contributed by atoms with van der Waals surface area (Å²) < 4.78 is 59.3. The van der Waals surface area contributed by atoms with Crippen molar-refractivity contribution in [2.75, 3.05) is 38.6 Å². The maximum atomic E-state index is 12.9. The van der Waals surface area contributed by atoms with E-state index in [2.05, 4.69) is 5.32 Å². The average Bonchev–Trinajstić information content (AvgIpc) is 3.54. The van der Waals surface area contributed by atoms with Crippen LogP contribution in [-0.4, -0.2) is 64.6 Å². The quantitative estimate of drug-likeness (QED) is 0.634. The predicted octanol–water partition coefficient (Wildman–Crippen LogP) is 2.52. The smallest absolute Gasteiger partial charge is 0.255 e. The third-order valence-electron chi connectivity index (χ3n) is 5.94. The summed E-state index contributed by atoms with van der Waals surface area (Å²) in [5.41, 5.74) is 0.460. The van der Waals surface area contributed by atoms with Crippen LogP contribution in [0.15, 0.2) is 52.3 Å². The van der Waals surface area contributed by atoms with Crippen LogP contribution in [0.2, 0.25) is 0 Å². The van der Waals surface area contributed by atoms with Gasteiger partial charge in [-0.3, -0.25) is 4.79 Å². The van der Waals surface area contributed by atoms with E-state index in [9.17, 15) is 21.6 Å². The Kier molecular flexibility index (Phi) is 6.76. The highest BCUT2D eigenvalue weighted by atomic mass is 32.2. The number of carbonyl (C=O) groups is 1. The SMILES string of the molecule is COc1ccc(S(=O)(=O)N2CCCC2)cc1NC(=O)c1ccc(S(=O)(=O)N2CCCC2)cc1. The molecule has 9 nitrogen and oxygen atoms in total. The van der Waals surface area contributed by atoms with Crippen LogP contribution in [0.3, 0.4) is 0 Å². The summed E-state index contributed by atoms with van der Waals surface area (Å²) >= 11 is 0. The van der Waals surface area contributed by atoms with Crippen LogP contribution in [0, 0.1) is 0 Å². The van der Waals surface area contributed by atoms with E-state index in [-0.39, 0.29) is 21.0 Å². The van der Waals surface area contributed by atoms with Gasteiger partial charge in [-0.05, 0) is 68.1 Å². The largest absolute Gasteiger partial charge is 0.495 e. The fourth-order valence-electron chi connectivity index (χ4n) is 4.07. The maximum absolute atomic E-state index is 12.9. The van der Waals surface area contributed by atoms with E-state index in [1.54, 1.807) is 0 Å². The van der Waals surface area contributed by atoms with Crippen molar-refractivity contribution < 1.29 is 26.4 Å². The van der Waals surface area contributed by atoms with Gasteiger partial charge in [-0.1, -0.05) is 0 Å². The molecule has 11 heteroatoms. The van der Waals surface area contributed by atoms with Crippen LogP contribution in [0.25, 0.3) is 0 Å². The van der Waals surface area contributed by atoms with Crippen LogP contribution < -0.4 is 10.1 Å². The number of methoxy groups -OCH3 is 1. The summed E-state index contributed by atoms with van der Waals surface area (Å²) in [6.07, 6.45) is 3.33. The zero-order valence-electron chi connectivity index (χ0n) is 18.4. The Morgan fingerprint density at radius 2 is 1.27 bits per heavy atom. The van der Waals surface area contributed by atoms with Crippen molar-refractivity contribution in [2.24, 2.45) is 0 Å². The lowest BCUT2D eigenvalue weighted by Gasteiger charge is -2.18. The van der Waals surface area contributed by atoms with Gasteiger partial charge in [0.15, 0.2) is 0 Å². The van der Waals surface area contributed by atoms with Crippen molar-refractivity contribution in [3.63, 3.8) is 0 Å². The van der Waals surface area contributed by atoms with E-state index in [1.807, 2.05) is 0 Å². The molecule has 0 aromatic heterocycles. The van der Waals surface area contributed by atoms with Crippen molar-refractivity contribution in [3.8, 4) is 5.75 Å². The van der Waals surface area contributed by atoms with Gasteiger partial charge in [0.25, 0.3) is 5.91 Å². The molecule has 0 spiro atoms. The maximum Gasteiger partial charge on any atom is 0.255 e. The van der Waals surface area contributed by atoms with Gasteiger partial charge in [-0.25, -0.2) is 16.8 Å². The van der Waals surface area contributed by atoms with Crippen LogP contribution in [0.5, 0.6) is 5.75 Å². The Morgan fingerprint density at radius 1 is 0.788 bits per heavy atom. The molecule has 178 valence electrons. The molecule has 0 atom stereocenters. The van der Waals surface area contributed by atoms with Crippen molar-refractivity contribution in [3.05, 3.63) is 48.0 Å². The van der Waals surface area contributed by atoms with E-state index in [1.165, 1.54) is 58.2 Å². The first-order chi connectivity index (χ1) is 15.7. The molecule has 2 heterocycles. The Hall–Kier alpha value is -2.47. The van der Waals surface area contributed by atoms with E-state index >= 15 is 0 Å². The lowest BCUT2D eigenvalue weighted by atomic mass is 10.2. The van der Waals surface area contributed by atoms with Crippen LogP contribution in [-0.2, 0) is 20.0 Å². The highest BCUT2D eigenvalue weighted by Gasteiger charge is 2.29. The zero-order chi connectivity index (χ0) is 23.6. The number of ether oxygens (including phenoxy) is 1. The standard InChI is InChI=1S/C22H27N3O6S2/c1-31-21-11-10-19(33(29,30)25-14-4-5-15-25)16-20(21)23-22(26)17-6-8-18(9-7-17)32(27,28)24-12-2-3-13-24/h6-11,16H,2-5,12-15H2,1H3,(H,23,26). The molecule has 1 amide bonds. The lowest BCUT2D eigenvalue weighted by molar-refractivity contribution is 0.102. The summed E-state index contributed by atoms with van der Waals surface area (Å²) in [4.78, 5) is 13.0. The number of rotatable bonds is 7. The van der Waals surface area contributed by atoms with Crippen molar-refractivity contribution >= 4 is 31.6 Å². The van der Waals surface area contributed by atoms with Crippen molar-refractivity contribution in [2.45, 2.75) is 35.5 Å². The highest BCUT2D eigenvalue weighted by Crippen LogP contribution is 2.30. The van der Waals surface area contributed by atoms with Crippen LogP contribution in [0.1, 0.15) is 36.0 Å². The van der Waals surface area contributed by atoms with Crippen molar-refractivity contribution in [1.29, 1.82) is 0 Å². The molecule has 0 radical (unpaired) electrons. The Labute approximate surface area is 194 Å². The van der Waals surface area contributed by atoms with Crippen LogP contribution in [0.4, 0.5) is 5.69 Å². The third-order valence-corrected chi connectivity index (χ3v) is 9.75. The van der Waals surface area contributed by atoms with Gasteiger partial charge in [0.05, 0.1) is 22.6 Å². The van der Waals surface area contributed by atoms with Gasteiger partial charge >= 0.3 is 0 Å². The minimum absolute atomic E-state index is 0.0764. The summed E-state index contributed by atoms with van der Waals surface area (Å²) in [5.74, 6) is -0.189. The molecule has 2 aliphatic rings. The fourth-order valence-corrected chi connectivity index (χ4v) is 7.13. The molecule has 1 N–H and O–H groups in total. The normalized spacial score (nSPS) is 17.8. The first-order valence-corrected chi connectivity index (χ1v) is 13.7. The monoisotopic (exact) mass is 493 g/mol. The van der Waals surface area contributed by atoms with Gasteiger partial charge < -0.3 is 10.1 Å². The molecular weight excluding hydrogens is 466 g/mol. The molecule has 2 fully saturated rings. The minimum atomic E-state index is -3.66. The summed E-state index contributed by atoms with van der Waals surface area (Å²) in [6.45, 7) is 1.95. The van der Waals surface area contributed by atoms with Gasteiger partial charge in [0.1, 0.15) is 5.75 Å². The number of anilines is 1. The zero-order valence-corrected chi connectivity index (χ0v) is 20.0. The van der Waals surface area contributed by atoms with E-state index in [0.717, 1.165) is 25.7 Å². The van der Waals surface area contributed by atoms with Gasteiger partial charge in [-0.15, -0.1) is 0 Å². The number of nitrogens with one attached hydrogen (secondary N) is 1. The van der Waals surface area contributed by atoms with Gasteiger partial charge in [0.2, 0.25) is 20.0 Å². The van der Waals surface area contributed by atoms with Crippen molar-refractivity contribution in [1.82, 2.24) is 8.61 Å². The van der Waals surface area contributed by atoms with Crippen LogP contribution >= 0.6 is 0 Å². The topological polar surface area (TPSA) is 113 Å². The number of amides is 1. The molecule has 2 aliphatic heterocycles. The highest BCUT2D eigenvalue weighted by molar-refractivity contribution is 7.89. The van der Waals surface area contributed by atoms with Gasteiger partial charge in [-0.2, -0.15) is 8.61 Å². The minimum Gasteiger partial charge on any atom is -0.495 e. The average molecular weight is 494 g/mol. The molecule has 0 bridgehead atoms. The molecule has 2 aromatic rings. The molecule has 0 aliphatic carbocycles. The molecule has 2 saturated heterocycles. The molecule has 4 rings (SSSR count). The number of hydrogen-bond acceptors (Lipinski definition) is 6. The molecule has 0 saturated carbocycles. The second kappa shape index (κ2) is 9.41. The first kappa shape index (κ1) is 23.7. The predicted molar refractivity (Wildman–Crippen MR) is 123 cm³/mol. The Morgan fingerprint density at radius 3 is 1.79 bits per heavy atom. The van der Waals surface area contributed by atoms with E-state index in [0.29, 0.717) is 31.9 Å². The number of benzene rings is 2. The van der Waals surface area contributed by atoms with Gasteiger partial charge in [0, 0.05) is 31.7 Å². The molecule has 33 heavy (non-hydrogen) atoms. The Balaban J connectivity index is 1.55. The molecule has 0 unspecified atom stereocenters. The second-order valence-corrected chi connectivity index (χ2v) is 11.9. The van der Waals surface area contributed by atoms with E-state index < -0.39 is 26.0 Å². The lowest BCUT2D eigenvalue weighted by Crippen LogP contribution is -2.28. The number of nitrogens with zero attached hydrogens (tertiary/aromatic N) is 2. The first-order valence-electron chi connectivity index (χ1n) is 10.8. The third kappa shape index (κ3) is 4.77. The summed E-state index contributed by atoms with van der Waals surface area (Å²) in [5, 5.41) is 2.69.